The molecular weight excluding hydrogens is 392 g/mol. The number of amides is 1. The highest BCUT2D eigenvalue weighted by Crippen LogP contribution is 2.29. The van der Waals surface area contributed by atoms with Crippen molar-refractivity contribution in [2.24, 2.45) is 0 Å². The lowest BCUT2D eigenvalue weighted by atomic mass is 10.3. The Hall–Kier alpha value is -0.660. The number of rotatable bonds is 4. The maximum atomic E-state index is 11.4. The standard InChI is InChI=1S/C12H13Cl4N3O2S/c1-2-21-11(20)19-9(12(14,15)16)18-10(22)17-8-5-3-7(13)4-6-8/h3-6,9H,2H2,1H3,(H,19,20)(H2,17,18,22)/t9-/m1/s1. The van der Waals surface area contributed by atoms with Crippen molar-refractivity contribution in [3.05, 3.63) is 29.3 Å². The molecule has 1 amide bonds. The van der Waals surface area contributed by atoms with Crippen molar-refractivity contribution in [2.45, 2.75) is 16.9 Å². The molecule has 0 aromatic heterocycles. The van der Waals surface area contributed by atoms with Crippen molar-refractivity contribution in [1.29, 1.82) is 0 Å². The van der Waals surface area contributed by atoms with Crippen LogP contribution in [0, 0.1) is 0 Å². The zero-order valence-electron chi connectivity index (χ0n) is 11.3. The average Bonchev–Trinajstić information content (AvgIpc) is 2.40. The molecule has 0 fully saturated rings. The van der Waals surface area contributed by atoms with Crippen LogP contribution in [0.2, 0.25) is 5.02 Å². The van der Waals surface area contributed by atoms with Gasteiger partial charge in [0.25, 0.3) is 0 Å². The number of carbonyl (C=O) groups is 1. The van der Waals surface area contributed by atoms with Gasteiger partial charge in [0.2, 0.25) is 3.79 Å². The first-order chi connectivity index (χ1) is 10.2. The third-order valence-electron chi connectivity index (χ3n) is 2.24. The van der Waals surface area contributed by atoms with E-state index in [1.807, 2.05) is 0 Å². The lowest BCUT2D eigenvalue weighted by Gasteiger charge is -2.27. The summed E-state index contributed by atoms with van der Waals surface area (Å²) in [6.07, 6.45) is -1.82. The van der Waals surface area contributed by atoms with E-state index < -0.39 is 16.1 Å². The fourth-order valence-corrected chi connectivity index (χ4v) is 2.01. The predicted molar refractivity (Wildman–Crippen MR) is 95.0 cm³/mol. The third-order valence-corrected chi connectivity index (χ3v) is 3.37. The first kappa shape index (κ1) is 19.4. The summed E-state index contributed by atoms with van der Waals surface area (Å²) in [4.78, 5) is 11.4. The van der Waals surface area contributed by atoms with E-state index in [2.05, 4.69) is 16.0 Å². The van der Waals surface area contributed by atoms with Crippen LogP contribution in [-0.4, -0.2) is 27.8 Å². The van der Waals surface area contributed by atoms with Crippen LogP contribution >= 0.6 is 58.6 Å². The largest absolute Gasteiger partial charge is 0.450 e. The second-order valence-corrected chi connectivity index (χ2v) is 7.16. The zero-order chi connectivity index (χ0) is 16.8. The SMILES string of the molecule is CCOC(=O)N[C@@H](NC(=S)Nc1ccc(Cl)cc1)C(Cl)(Cl)Cl. The number of carbonyl (C=O) groups excluding carboxylic acids is 1. The van der Waals surface area contributed by atoms with Crippen LogP contribution < -0.4 is 16.0 Å². The Morgan fingerprint density at radius 1 is 1.27 bits per heavy atom. The highest BCUT2D eigenvalue weighted by Gasteiger charge is 2.35. The van der Waals surface area contributed by atoms with Crippen LogP contribution in [0.5, 0.6) is 0 Å². The monoisotopic (exact) mass is 403 g/mol. The number of alkyl halides is 3. The summed E-state index contributed by atoms with van der Waals surface area (Å²) in [5, 5.41) is 8.67. The highest BCUT2D eigenvalue weighted by atomic mass is 35.6. The summed E-state index contributed by atoms with van der Waals surface area (Å²) in [7, 11) is 0. The molecule has 0 aliphatic carbocycles. The number of benzene rings is 1. The van der Waals surface area contributed by atoms with Crippen molar-refractivity contribution in [1.82, 2.24) is 10.6 Å². The number of nitrogens with one attached hydrogen (secondary N) is 3. The maximum absolute atomic E-state index is 11.4. The van der Waals surface area contributed by atoms with E-state index in [0.717, 1.165) is 0 Å². The van der Waals surface area contributed by atoms with Crippen molar-refractivity contribution in [3.63, 3.8) is 0 Å². The second kappa shape index (κ2) is 8.84. The van der Waals surface area contributed by atoms with E-state index in [1.165, 1.54) is 0 Å². The van der Waals surface area contributed by atoms with Crippen LogP contribution in [-0.2, 0) is 4.74 Å². The molecule has 0 spiro atoms. The van der Waals surface area contributed by atoms with Crippen molar-refractivity contribution < 1.29 is 9.53 Å². The molecule has 122 valence electrons. The summed E-state index contributed by atoms with van der Waals surface area (Å²) >= 11 is 28.3. The number of hydrogen-bond acceptors (Lipinski definition) is 3. The van der Waals surface area contributed by atoms with E-state index in [1.54, 1.807) is 31.2 Å². The highest BCUT2D eigenvalue weighted by molar-refractivity contribution is 7.80. The van der Waals surface area contributed by atoms with E-state index in [9.17, 15) is 4.79 Å². The minimum absolute atomic E-state index is 0.149. The van der Waals surface area contributed by atoms with Crippen molar-refractivity contribution in [2.75, 3.05) is 11.9 Å². The summed E-state index contributed by atoms with van der Waals surface area (Å²) < 4.78 is 2.90. The predicted octanol–water partition coefficient (Wildman–Crippen LogP) is 4.07. The minimum atomic E-state index is -1.83. The van der Waals surface area contributed by atoms with Gasteiger partial charge in [-0.3, -0.25) is 5.32 Å². The van der Waals surface area contributed by atoms with Gasteiger partial charge in [-0.05, 0) is 43.4 Å². The van der Waals surface area contributed by atoms with Gasteiger partial charge in [0, 0.05) is 10.7 Å². The Labute approximate surface area is 153 Å². The molecule has 1 atom stereocenters. The molecule has 0 bridgehead atoms. The molecule has 0 saturated carbocycles. The van der Waals surface area contributed by atoms with E-state index in [4.69, 9.17) is 63.4 Å². The molecule has 1 rings (SSSR count). The van der Waals surface area contributed by atoms with Crippen molar-refractivity contribution >= 4 is 75.5 Å². The number of anilines is 1. The number of thiocarbonyl (C=S) groups is 1. The Balaban J connectivity index is 2.66. The van der Waals surface area contributed by atoms with Gasteiger partial charge in [-0.15, -0.1) is 0 Å². The first-order valence-corrected chi connectivity index (χ1v) is 7.97. The lowest BCUT2D eigenvalue weighted by Crippen LogP contribution is -2.56. The quantitative estimate of drug-likeness (QED) is 0.401. The number of hydrogen-bond donors (Lipinski definition) is 3. The van der Waals surface area contributed by atoms with Crippen molar-refractivity contribution in [3.8, 4) is 0 Å². The molecule has 0 aliphatic rings. The Bertz CT molecular complexity index is 522. The Morgan fingerprint density at radius 3 is 2.36 bits per heavy atom. The van der Waals surface area contributed by atoms with E-state index in [-0.39, 0.29) is 11.7 Å². The Kier molecular flexibility index (Phi) is 7.79. The molecule has 0 unspecified atom stereocenters. The lowest BCUT2D eigenvalue weighted by molar-refractivity contribution is 0.147. The summed E-state index contributed by atoms with van der Waals surface area (Å²) in [5.74, 6) is 0. The smallest absolute Gasteiger partial charge is 0.408 e. The second-order valence-electron chi connectivity index (χ2n) is 3.94. The van der Waals surface area contributed by atoms with Gasteiger partial charge in [-0.25, -0.2) is 4.79 Å². The number of alkyl carbamates (subject to hydrolysis) is 1. The van der Waals surface area contributed by atoms with Crippen LogP contribution in [0.15, 0.2) is 24.3 Å². The van der Waals surface area contributed by atoms with Gasteiger partial charge in [0.05, 0.1) is 6.61 Å². The molecule has 1 aromatic rings. The van der Waals surface area contributed by atoms with Crippen LogP contribution in [0.25, 0.3) is 0 Å². The minimum Gasteiger partial charge on any atom is -0.450 e. The number of ether oxygens (including phenoxy) is 1. The molecule has 10 heteroatoms. The van der Waals surface area contributed by atoms with E-state index >= 15 is 0 Å². The van der Waals surface area contributed by atoms with Crippen LogP contribution in [0.4, 0.5) is 10.5 Å². The van der Waals surface area contributed by atoms with Crippen LogP contribution in [0.1, 0.15) is 6.92 Å². The molecule has 0 saturated heterocycles. The molecule has 0 heterocycles. The molecule has 3 N–H and O–H groups in total. The van der Waals surface area contributed by atoms with Gasteiger partial charge < -0.3 is 15.4 Å². The third kappa shape index (κ3) is 7.07. The molecule has 0 aliphatic heterocycles. The molecule has 1 aromatic carbocycles. The number of halogens is 4. The van der Waals surface area contributed by atoms with Gasteiger partial charge in [0.1, 0.15) is 0 Å². The normalized spacial score (nSPS) is 12.2. The Morgan fingerprint density at radius 2 is 1.86 bits per heavy atom. The van der Waals surface area contributed by atoms with Gasteiger partial charge in [-0.2, -0.15) is 0 Å². The molecule has 0 radical (unpaired) electrons. The van der Waals surface area contributed by atoms with Crippen LogP contribution in [0.3, 0.4) is 0 Å². The van der Waals surface area contributed by atoms with E-state index in [0.29, 0.717) is 10.7 Å². The van der Waals surface area contributed by atoms with Gasteiger partial charge in [-0.1, -0.05) is 46.4 Å². The maximum Gasteiger partial charge on any atom is 0.408 e. The summed E-state index contributed by atoms with van der Waals surface area (Å²) in [5.41, 5.74) is 0.682. The fraction of sp³-hybridized carbons (Fsp3) is 0.333. The average molecular weight is 405 g/mol. The molecular formula is C12H13Cl4N3O2S. The fourth-order valence-electron chi connectivity index (χ4n) is 1.32. The zero-order valence-corrected chi connectivity index (χ0v) is 15.2. The molecule has 22 heavy (non-hydrogen) atoms. The summed E-state index contributed by atoms with van der Waals surface area (Å²) in [6, 6.07) is 6.82. The van der Waals surface area contributed by atoms with Gasteiger partial charge >= 0.3 is 6.09 Å². The molecule has 5 nitrogen and oxygen atoms in total. The first-order valence-electron chi connectivity index (χ1n) is 6.05. The van der Waals surface area contributed by atoms with Gasteiger partial charge in [0.15, 0.2) is 11.3 Å². The summed E-state index contributed by atoms with van der Waals surface area (Å²) in [6.45, 7) is 1.84. The topological polar surface area (TPSA) is 62.4 Å².